The van der Waals surface area contributed by atoms with Gasteiger partial charge in [-0.25, -0.2) is 5.43 Å². The first kappa shape index (κ1) is 15.0. The maximum absolute atomic E-state index is 11.8. The van der Waals surface area contributed by atoms with Crippen LogP contribution in [0.5, 0.6) is 0 Å². The molecule has 0 saturated heterocycles. The number of amides is 1. The summed E-state index contributed by atoms with van der Waals surface area (Å²) in [6, 6.07) is 8.03. The van der Waals surface area contributed by atoms with Gasteiger partial charge in [-0.15, -0.1) is 0 Å². The van der Waals surface area contributed by atoms with E-state index in [9.17, 15) is 4.79 Å². The van der Waals surface area contributed by atoms with E-state index in [-0.39, 0.29) is 12.5 Å². The van der Waals surface area contributed by atoms with E-state index in [0.717, 1.165) is 22.5 Å². The minimum Gasteiger partial charge on any atom is -0.271 e. The van der Waals surface area contributed by atoms with Crippen LogP contribution in [-0.4, -0.2) is 21.9 Å². The van der Waals surface area contributed by atoms with Crippen molar-refractivity contribution in [3.63, 3.8) is 0 Å². The quantitative estimate of drug-likeness (QED) is 0.691. The van der Waals surface area contributed by atoms with E-state index >= 15 is 0 Å². The number of carbonyl (C=O) groups excluding carboxylic acids is 1. The molecule has 0 fully saturated rings. The Kier molecular flexibility index (Phi) is 4.52. The molecule has 0 aliphatic rings. The van der Waals surface area contributed by atoms with E-state index in [1.807, 2.05) is 45.9 Å². The number of hydrazone groups is 1. The Morgan fingerprint density at radius 1 is 1.29 bits per heavy atom. The number of rotatable bonds is 4. The van der Waals surface area contributed by atoms with Gasteiger partial charge >= 0.3 is 0 Å². The summed E-state index contributed by atoms with van der Waals surface area (Å²) in [4.78, 5) is 11.8. The van der Waals surface area contributed by atoms with Crippen LogP contribution >= 0.6 is 0 Å². The predicted octanol–water partition coefficient (Wildman–Crippen LogP) is 2.27. The van der Waals surface area contributed by atoms with Crippen LogP contribution in [0.4, 0.5) is 0 Å². The first-order valence-electron chi connectivity index (χ1n) is 6.86. The molecule has 0 bridgehead atoms. The zero-order valence-electron chi connectivity index (χ0n) is 12.8. The molecule has 1 amide bonds. The van der Waals surface area contributed by atoms with E-state index in [2.05, 4.69) is 21.7 Å². The number of nitrogens with zero attached hydrogens (tertiary/aromatic N) is 3. The van der Waals surface area contributed by atoms with Crippen LogP contribution < -0.4 is 5.43 Å². The van der Waals surface area contributed by atoms with Gasteiger partial charge < -0.3 is 0 Å². The lowest BCUT2D eigenvalue weighted by Crippen LogP contribution is -2.24. The highest BCUT2D eigenvalue weighted by atomic mass is 16.2. The van der Waals surface area contributed by atoms with Gasteiger partial charge in [0.1, 0.15) is 6.54 Å². The molecule has 1 N–H and O–H groups in total. The summed E-state index contributed by atoms with van der Waals surface area (Å²) in [7, 11) is 0. The third-order valence-electron chi connectivity index (χ3n) is 3.21. The van der Waals surface area contributed by atoms with Gasteiger partial charge in [-0.2, -0.15) is 10.2 Å². The first-order chi connectivity index (χ1) is 9.95. The van der Waals surface area contributed by atoms with Gasteiger partial charge in [-0.05, 0) is 44.9 Å². The fraction of sp³-hybridized carbons (Fsp3) is 0.312. The van der Waals surface area contributed by atoms with Crippen LogP contribution in [0, 0.1) is 27.7 Å². The van der Waals surface area contributed by atoms with Crippen molar-refractivity contribution in [3.05, 3.63) is 52.3 Å². The Labute approximate surface area is 124 Å². The van der Waals surface area contributed by atoms with E-state index in [1.54, 1.807) is 10.9 Å². The number of nitrogens with one attached hydrogen (secondary N) is 1. The highest BCUT2D eigenvalue weighted by Crippen LogP contribution is 2.07. The maximum atomic E-state index is 11.8. The third kappa shape index (κ3) is 4.02. The monoisotopic (exact) mass is 284 g/mol. The molecule has 0 saturated carbocycles. The van der Waals surface area contributed by atoms with Crippen LogP contribution in [-0.2, 0) is 11.3 Å². The van der Waals surface area contributed by atoms with Crippen molar-refractivity contribution in [2.24, 2.45) is 5.10 Å². The first-order valence-corrected chi connectivity index (χ1v) is 6.86. The predicted molar refractivity (Wildman–Crippen MR) is 83.4 cm³/mol. The van der Waals surface area contributed by atoms with Crippen molar-refractivity contribution in [1.82, 2.24) is 15.2 Å². The van der Waals surface area contributed by atoms with E-state index < -0.39 is 0 Å². The molecule has 21 heavy (non-hydrogen) atoms. The fourth-order valence-electron chi connectivity index (χ4n) is 2.15. The molecule has 2 rings (SSSR count). The van der Waals surface area contributed by atoms with Crippen molar-refractivity contribution in [2.45, 2.75) is 34.2 Å². The molecule has 110 valence electrons. The molecule has 0 aliphatic carbocycles. The lowest BCUT2D eigenvalue weighted by Gasteiger charge is -2.03. The summed E-state index contributed by atoms with van der Waals surface area (Å²) in [5, 5.41) is 8.24. The Bertz CT molecular complexity index is 686. The topological polar surface area (TPSA) is 59.3 Å². The highest BCUT2D eigenvalue weighted by Gasteiger charge is 2.05. The second kappa shape index (κ2) is 6.35. The van der Waals surface area contributed by atoms with E-state index in [0.29, 0.717) is 0 Å². The Balaban J connectivity index is 1.94. The molecule has 2 aromatic rings. The summed E-state index contributed by atoms with van der Waals surface area (Å²) in [6.45, 7) is 8.06. The molecule has 1 heterocycles. The Morgan fingerprint density at radius 2 is 2.05 bits per heavy atom. The number of carbonyl (C=O) groups is 1. The van der Waals surface area contributed by atoms with Gasteiger partial charge in [0.15, 0.2) is 0 Å². The highest BCUT2D eigenvalue weighted by molar-refractivity contribution is 5.83. The van der Waals surface area contributed by atoms with Crippen LogP contribution in [0.2, 0.25) is 0 Å². The average molecular weight is 284 g/mol. The third-order valence-corrected chi connectivity index (χ3v) is 3.21. The van der Waals surface area contributed by atoms with Gasteiger partial charge in [0.2, 0.25) is 0 Å². The van der Waals surface area contributed by atoms with Crippen LogP contribution in [0.1, 0.15) is 28.1 Å². The number of aromatic nitrogens is 2. The molecule has 0 atom stereocenters. The van der Waals surface area contributed by atoms with Gasteiger partial charge in [0.05, 0.1) is 11.9 Å². The lowest BCUT2D eigenvalue weighted by molar-refractivity contribution is -0.121. The SMILES string of the molecule is Cc1ccc(/C=N\NC(=O)Cn2nc(C)cc2C)c(C)c1. The number of benzene rings is 1. The molecule has 1 aromatic heterocycles. The molecule has 1 aromatic carbocycles. The Morgan fingerprint density at radius 3 is 2.67 bits per heavy atom. The second-order valence-corrected chi connectivity index (χ2v) is 5.24. The molecule has 5 nitrogen and oxygen atoms in total. The zero-order valence-corrected chi connectivity index (χ0v) is 12.8. The van der Waals surface area contributed by atoms with Crippen molar-refractivity contribution >= 4 is 12.1 Å². The van der Waals surface area contributed by atoms with Gasteiger partial charge in [0, 0.05) is 5.69 Å². The largest absolute Gasteiger partial charge is 0.271 e. The zero-order chi connectivity index (χ0) is 15.4. The normalized spacial score (nSPS) is 11.0. The minimum atomic E-state index is -0.192. The lowest BCUT2D eigenvalue weighted by atomic mass is 10.1. The van der Waals surface area contributed by atoms with Gasteiger partial charge in [0.25, 0.3) is 5.91 Å². The van der Waals surface area contributed by atoms with E-state index in [4.69, 9.17) is 0 Å². The van der Waals surface area contributed by atoms with E-state index in [1.165, 1.54) is 5.56 Å². The van der Waals surface area contributed by atoms with Crippen LogP contribution in [0.15, 0.2) is 29.4 Å². The standard InChI is InChI=1S/C16H20N4O/c1-11-5-6-15(12(2)7-11)9-17-18-16(21)10-20-14(4)8-13(3)19-20/h5-9H,10H2,1-4H3,(H,18,21)/b17-9-. The summed E-state index contributed by atoms with van der Waals surface area (Å²) in [5.74, 6) is -0.192. The van der Waals surface area contributed by atoms with Gasteiger partial charge in [-0.3, -0.25) is 9.48 Å². The van der Waals surface area contributed by atoms with Crippen LogP contribution in [0.3, 0.4) is 0 Å². The summed E-state index contributed by atoms with van der Waals surface area (Å²) in [5.41, 5.74) is 7.72. The maximum Gasteiger partial charge on any atom is 0.261 e. The molecular formula is C16H20N4O. The molecule has 0 aliphatic heterocycles. The van der Waals surface area contributed by atoms with Crippen molar-refractivity contribution in [2.75, 3.05) is 0 Å². The summed E-state index contributed by atoms with van der Waals surface area (Å²) >= 11 is 0. The number of aryl methyl sites for hydroxylation is 4. The smallest absolute Gasteiger partial charge is 0.261 e. The average Bonchev–Trinajstić information content (AvgIpc) is 2.70. The molecular weight excluding hydrogens is 264 g/mol. The summed E-state index contributed by atoms with van der Waals surface area (Å²) in [6.07, 6.45) is 1.66. The van der Waals surface area contributed by atoms with Crippen LogP contribution in [0.25, 0.3) is 0 Å². The molecule has 5 heteroatoms. The molecule has 0 spiro atoms. The summed E-state index contributed by atoms with van der Waals surface area (Å²) < 4.78 is 1.66. The molecule has 0 radical (unpaired) electrons. The fourth-order valence-corrected chi connectivity index (χ4v) is 2.15. The van der Waals surface area contributed by atoms with Crippen molar-refractivity contribution in [1.29, 1.82) is 0 Å². The van der Waals surface area contributed by atoms with Crippen molar-refractivity contribution in [3.8, 4) is 0 Å². The number of hydrogen-bond acceptors (Lipinski definition) is 3. The second-order valence-electron chi connectivity index (χ2n) is 5.24. The van der Waals surface area contributed by atoms with Crippen molar-refractivity contribution < 1.29 is 4.79 Å². The van der Waals surface area contributed by atoms with Gasteiger partial charge in [-0.1, -0.05) is 23.8 Å². The minimum absolute atomic E-state index is 0.171. The molecule has 0 unspecified atom stereocenters. The number of hydrogen-bond donors (Lipinski definition) is 1. The Hall–Kier alpha value is -2.43.